The molecule has 0 amide bonds. The highest BCUT2D eigenvalue weighted by Crippen LogP contribution is 2.22. The Morgan fingerprint density at radius 1 is 1.22 bits per heavy atom. The van der Waals surface area contributed by atoms with Gasteiger partial charge in [0.15, 0.2) is 0 Å². The van der Waals surface area contributed by atoms with E-state index in [2.05, 4.69) is 4.90 Å². The monoisotopic (exact) mass is 269 g/mol. The van der Waals surface area contributed by atoms with Crippen molar-refractivity contribution in [1.29, 1.82) is 0 Å². The van der Waals surface area contributed by atoms with Crippen molar-refractivity contribution >= 4 is 17.4 Å². The zero-order valence-electron chi connectivity index (χ0n) is 12.0. The van der Waals surface area contributed by atoms with Crippen LogP contribution in [0.1, 0.15) is 38.7 Å². The number of hydrogen-bond acceptors (Lipinski definition) is 2. The Bertz CT molecular complexity index is 346. The molecule has 18 heavy (non-hydrogen) atoms. The largest absolute Gasteiger partial charge is 0.309 e. The van der Waals surface area contributed by atoms with Crippen LogP contribution in [0.4, 0.5) is 0 Å². The predicted molar refractivity (Wildman–Crippen MR) is 79.4 cm³/mol. The van der Waals surface area contributed by atoms with Crippen LogP contribution in [0.3, 0.4) is 0 Å². The molecule has 0 saturated carbocycles. The number of ketones is 1. The summed E-state index contributed by atoms with van der Waals surface area (Å²) >= 11 is 5.83. The summed E-state index contributed by atoms with van der Waals surface area (Å²) in [6.07, 6.45) is 0.851. The van der Waals surface area contributed by atoms with Gasteiger partial charge in [0.2, 0.25) is 0 Å². The molecular formula is C15H24ClNO. The van der Waals surface area contributed by atoms with E-state index < -0.39 is 0 Å². The van der Waals surface area contributed by atoms with Crippen LogP contribution >= 0.6 is 11.6 Å². The number of carbonyl (C=O) groups excluding carboxylic acids is 1. The normalized spacial score (nSPS) is 11.7. The van der Waals surface area contributed by atoms with Crippen molar-refractivity contribution in [3.63, 3.8) is 0 Å². The lowest BCUT2D eigenvalue weighted by Gasteiger charge is -2.17. The zero-order valence-corrected chi connectivity index (χ0v) is 12.8. The number of benzene rings is 1. The van der Waals surface area contributed by atoms with Gasteiger partial charge in [-0.25, -0.2) is 0 Å². The molecule has 0 bridgehead atoms. The topological polar surface area (TPSA) is 20.3 Å². The smallest absolute Gasteiger partial charge is 0.137 e. The molecule has 1 atom stereocenters. The zero-order chi connectivity index (χ0) is 14.1. The molecule has 2 nitrogen and oxygen atoms in total. The number of halogens is 1. The summed E-state index contributed by atoms with van der Waals surface area (Å²) in [4.78, 5) is 13.7. The van der Waals surface area contributed by atoms with Gasteiger partial charge in [-0.05, 0) is 51.7 Å². The average Bonchev–Trinajstić information content (AvgIpc) is 2.33. The average molecular weight is 270 g/mol. The summed E-state index contributed by atoms with van der Waals surface area (Å²) < 4.78 is 0. The molecule has 0 aliphatic rings. The maximum absolute atomic E-state index is 11.6. The standard InChI is InChI=1S/C13H18ClNO.C2H6/c1-10(16)13(8-9-15(2)3)11-4-6-12(14)7-5-11;1-2/h4-7,13H,8-9H2,1-3H3;1-2H3. The molecule has 0 aromatic heterocycles. The summed E-state index contributed by atoms with van der Waals surface area (Å²) in [6.45, 7) is 6.56. The van der Waals surface area contributed by atoms with E-state index in [1.165, 1.54) is 0 Å². The first-order chi connectivity index (χ1) is 8.50. The Labute approximate surface area is 116 Å². The Kier molecular flexibility index (Phi) is 8.69. The van der Waals surface area contributed by atoms with Crippen LogP contribution in [0.5, 0.6) is 0 Å². The van der Waals surface area contributed by atoms with Crippen molar-refractivity contribution in [1.82, 2.24) is 4.90 Å². The molecule has 0 spiro atoms. The number of rotatable bonds is 5. The summed E-state index contributed by atoms with van der Waals surface area (Å²) in [6, 6.07) is 7.54. The number of nitrogens with zero attached hydrogens (tertiary/aromatic N) is 1. The van der Waals surface area contributed by atoms with E-state index in [-0.39, 0.29) is 11.7 Å². The Balaban J connectivity index is 0.00000137. The van der Waals surface area contributed by atoms with Gasteiger partial charge in [-0.2, -0.15) is 0 Å². The van der Waals surface area contributed by atoms with E-state index in [0.29, 0.717) is 5.02 Å². The third-order valence-corrected chi connectivity index (χ3v) is 2.88. The van der Waals surface area contributed by atoms with E-state index in [9.17, 15) is 4.79 Å². The molecule has 0 aliphatic carbocycles. The molecule has 0 aliphatic heterocycles. The minimum absolute atomic E-state index is 0.0142. The van der Waals surface area contributed by atoms with E-state index in [4.69, 9.17) is 11.6 Å². The molecule has 1 aromatic rings. The first-order valence-electron chi connectivity index (χ1n) is 6.41. The second-order valence-electron chi connectivity index (χ2n) is 4.31. The molecule has 0 saturated heterocycles. The van der Waals surface area contributed by atoms with Gasteiger partial charge >= 0.3 is 0 Å². The minimum Gasteiger partial charge on any atom is -0.309 e. The van der Waals surface area contributed by atoms with Crippen LogP contribution in [0, 0.1) is 0 Å². The molecule has 0 radical (unpaired) electrons. The summed E-state index contributed by atoms with van der Waals surface area (Å²) in [5.74, 6) is 0.198. The maximum Gasteiger partial charge on any atom is 0.137 e. The Hall–Kier alpha value is -0.860. The maximum atomic E-state index is 11.6. The van der Waals surface area contributed by atoms with Crippen LogP contribution in [0.15, 0.2) is 24.3 Å². The van der Waals surface area contributed by atoms with Gasteiger partial charge in [0, 0.05) is 10.9 Å². The van der Waals surface area contributed by atoms with Gasteiger partial charge in [-0.3, -0.25) is 4.79 Å². The van der Waals surface area contributed by atoms with E-state index >= 15 is 0 Å². The van der Waals surface area contributed by atoms with Crippen LogP contribution < -0.4 is 0 Å². The second-order valence-corrected chi connectivity index (χ2v) is 4.74. The Morgan fingerprint density at radius 3 is 2.11 bits per heavy atom. The van der Waals surface area contributed by atoms with Crippen molar-refractivity contribution in [3.05, 3.63) is 34.9 Å². The fourth-order valence-corrected chi connectivity index (χ4v) is 1.81. The van der Waals surface area contributed by atoms with Crippen LogP contribution in [0.25, 0.3) is 0 Å². The molecule has 1 unspecified atom stereocenters. The molecule has 102 valence electrons. The Morgan fingerprint density at radius 2 is 1.72 bits per heavy atom. The minimum atomic E-state index is -0.0142. The van der Waals surface area contributed by atoms with E-state index in [1.807, 2.05) is 52.2 Å². The van der Waals surface area contributed by atoms with Crippen molar-refractivity contribution in [2.24, 2.45) is 0 Å². The van der Waals surface area contributed by atoms with Crippen molar-refractivity contribution in [2.45, 2.75) is 33.1 Å². The fraction of sp³-hybridized carbons (Fsp3) is 0.533. The lowest BCUT2D eigenvalue weighted by atomic mass is 9.92. The van der Waals surface area contributed by atoms with Crippen molar-refractivity contribution < 1.29 is 4.79 Å². The lowest BCUT2D eigenvalue weighted by Crippen LogP contribution is -2.19. The van der Waals surface area contributed by atoms with Crippen LogP contribution in [-0.4, -0.2) is 31.3 Å². The van der Waals surface area contributed by atoms with E-state index in [0.717, 1.165) is 18.5 Å². The van der Waals surface area contributed by atoms with Crippen LogP contribution in [-0.2, 0) is 4.79 Å². The van der Waals surface area contributed by atoms with Gasteiger partial charge in [-0.15, -0.1) is 0 Å². The van der Waals surface area contributed by atoms with Gasteiger partial charge in [0.25, 0.3) is 0 Å². The summed E-state index contributed by atoms with van der Waals surface area (Å²) in [7, 11) is 4.03. The number of carbonyl (C=O) groups is 1. The second kappa shape index (κ2) is 9.12. The third kappa shape index (κ3) is 6.18. The predicted octanol–water partition coefficient (Wildman–Crippen LogP) is 3.99. The number of Topliss-reactive ketones (excluding diaryl/α,β-unsaturated/α-hetero) is 1. The van der Waals surface area contributed by atoms with Gasteiger partial charge in [0.1, 0.15) is 5.78 Å². The summed E-state index contributed by atoms with van der Waals surface area (Å²) in [5, 5.41) is 0.707. The fourth-order valence-electron chi connectivity index (χ4n) is 1.69. The van der Waals surface area contributed by atoms with E-state index in [1.54, 1.807) is 6.92 Å². The van der Waals surface area contributed by atoms with Crippen molar-refractivity contribution in [2.75, 3.05) is 20.6 Å². The lowest BCUT2D eigenvalue weighted by molar-refractivity contribution is -0.118. The van der Waals surface area contributed by atoms with Gasteiger partial charge in [-0.1, -0.05) is 37.6 Å². The SMILES string of the molecule is CC.CC(=O)C(CCN(C)C)c1ccc(Cl)cc1. The van der Waals surface area contributed by atoms with Crippen LogP contribution in [0.2, 0.25) is 5.02 Å². The molecule has 1 rings (SSSR count). The third-order valence-electron chi connectivity index (χ3n) is 2.63. The molecule has 1 aromatic carbocycles. The van der Waals surface area contributed by atoms with Gasteiger partial charge in [0.05, 0.1) is 0 Å². The molecular weight excluding hydrogens is 246 g/mol. The van der Waals surface area contributed by atoms with Gasteiger partial charge < -0.3 is 4.90 Å². The first-order valence-corrected chi connectivity index (χ1v) is 6.79. The highest BCUT2D eigenvalue weighted by atomic mass is 35.5. The molecule has 0 N–H and O–H groups in total. The quantitative estimate of drug-likeness (QED) is 0.806. The highest BCUT2D eigenvalue weighted by Gasteiger charge is 2.16. The molecule has 0 heterocycles. The molecule has 0 fully saturated rings. The number of hydrogen-bond donors (Lipinski definition) is 0. The highest BCUT2D eigenvalue weighted by molar-refractivity contribution is 6.30. The summed E-state index contributed by atoms with van der Waals surface area (Å²) in [5.41, 5.74) is 1.05. The first kappa shape index (κ1) is 17.1. The molecule has 3 heteroatoms. The van der Waals surface area contributed by atoms with Crippen molar-refractivity contribution in [3.8, 4) is 0 Å².